The summed E-state index contributed by atoms with van der Waals surface area (Å²) in [7, 11) is 0. The van der Waals surface area contributed by atoms with Gasteiger partial charge >= 0.3 is 0 Å². The van der Waals surface area contributed by atoms with E-state index < -0.39 is 0 Å². The van der Waals surface area contributed by atoms with Crippen LogP contribution in [0.1, 0.15) is 55.7 Å². The van der Waals surface area contributed by atoms with Crippen molar-refractivity contribution in [3.63, 3.8) is 0 Å². The van der Waals surface area contributed by atoms with Crippen LogP contribution in [-0.2, 0) is 11.8 Å². The Kier molecular flexibility index (Phi) is 5.90. The van der Waals surface area contributed by atoms with Gasteiger partial charge in [0.2, 0.25) is 0 Å². The maximum Gasteiger partial charge on any atom is 0.255 e. The molecular weight excluding hydrogens is 370 g/mol. The van der Waals surface area contributed by atoms with Crippen LogP contribution in [0.3, 0.4) is 0 Å². The number of aryl methyl sites for hydroxylation is 1. The van der Waals surface area contributed by atoms with Crippen LogP contribution in [0.15, 0.2) is 48.5 Å². The average Bonchev–Trinajstić information content (AvgIpc) is 3.04. The van der Waals surface area contributed by atoms with E-state index in [1.807, 2.05) is 0 Å². The van der Waals surface area contributed by atoms with Crippen molar-refractivity contribution in [2.75, 3.05) is 5.32 Å². The number of H-pyrrole nitrogens is 1. The van der Waals surface area contributed by atoms with Gasteiger partial charge in [-0.25, -0.2) is 0 Å². The first-order valence-electron chi connectivity index (χ1n) is 9.54. The molecule has 28 heavy (non-hydrogen) atoms. The number of aromatic amines is 1. The highest BCUT2D eigenvalue weighted by molar-refractivity contribution is 6.30. The molecule has 3 rings (SSSR count). The van der Waals surface area contributed by atoms with Crippen LogP contribution in [0.4, 0.5) is 5.69 Å². The molecule has 0 aliphatic rings. The van der Waals surface area contributed by atoms with Crippen molar-refractivity contribution in [3.05, 3.63) is 70.4 Å². The molecule has 0 radical (unpaired) electrons. The first-order chi connectivity index (χ1) is 13.3. The summed E-state index contributed by atoms with van der Waals surface area (Å²) in [5, 5.41) is 11.2. The third-order valence-corrected chi connectivity index (χ3v) is 4.96. The summed E-state index contributed by atoms with van der Waals surface area (Å²) in [6.07, 6.45) is 1.76. The first kappa shape index (κ1) is 20.2. The van der Waals surface area contributed by atoms with E-state index in [0.717, 1.165) is 35.5 Å². The largest absolute Gasteiger partial charge is 0.319 e. The Morgan fingerprint density at radius 1 is 1.07 bits per heavy atom. The Morgan fingerprint density at radius 3 is 2.29 bits per heavy atom. The number of aromatic nitrogens is 2. The van der Waals surface area contributed by atoms with Crippen LogP contribution < -0.4 is 5.32 Å². The second-order valence-corrected chi connectivity index (χ2v) is 8.40. The van der Waals surface area contributed by atoms with Crippen molar-refractivity contribution in [2.24, 2.45) is 0 Å². The van der Waals surface area contributed by atoms with Gasteiger partial charge in [0.15, 0.2) is 0 Å². The van der Waals surface area contributed by atoms with Gasteiger partial charge in [-0.2, -0.15) is 5.10 Å². The lowest BCUT2D eigenvalue weighted by Gasteiger charge is -2.19. The molecule has 0 unspecified atom stereocenters. The molecule has 0 atom stereocenters. The van der Waals surface area contributed by atoms with Crippen LogP contribution in [0, 0.1) is 0 Å². The number of carbonyl (C=O) groups excluding carboxylic acids is 1. The van der Waals surface area contributed by atoms with Gasteiger partial charge in [-0.3, -0.25) is 9.89 Å². The van der Waals surface area contributed by atoms with Crippen LogP contribution in [0.5, 0.6) is 0 Å². The number of nitrogens with zero attached hydrogens (tertiary/aromatic N) is 1. The highest BCUT2D eigenvalue weighted by Crippen LogP contribution is 2.32. The number of benzene rings is 2. The number of hydrogen-bond acceptors (Lipinski definition) is 2. The molecule has 3 aromatic rings. The summed E-state index contributed by atoms with van der Waals surface area (Å²) in [4.78, 5) is 12.8. The Labute approximate surface area is 171 Å². The Morgan fingerprint density at radius 2 is 1.71 bits per heavy atom. The van der Waals surface area contributed by atoms with Crippen molar-refractivity contribution in [1.29, 1.82) is 0 Å². The molecule has 0 bridgehead atoms. The van der Waals surface area contributed by atoms with Crippen molar-refractivity contribution >= 4 is 23.2 Å². The monoisotopic (exact) mass is 395 g/mol. The first-order valence-corrected chi connectivity index (χ1v) is 9.92. The molecule has 0 fully saturated rings. The molecule has 0 saturated heterocycles. The summed E-state index contributed by atoms with van der Waals surface area (Å²) in [5.41, 5.74) is 5.30. The minimum atomic E-state index is -0.178. The Hall–Kier alpha value is -2.59. The van der Waals surface area contributed by atoms with Gasteiger partial charge in [0, 0.05) is 16.1 Å². The predicted molar refractivity (Wildman–Crippen MR) is 116 cm³/mol. The number of nitrogens with one attached hydrogen (secondary N) is 2. The van der Waals surface area contributed by atoms with E-state index >= 15 is 0 Å². The zero-order valence-electron chi connectivity index (χ0n) is 16.8. The number of rotatable bonds is 5. The summed E-state index contributed by atoms with van der Waals surface area (Å²) in [6, 6.07) is 15.2. The summed E-state index contributed by atoms with van der Waals surface area (Å²) < 4.78 is 0. The van der Waals surface area contributed by atoms with Crippen molar-refractivity contribution in [3.8, 4) is 11.3 Å². The maximum atomic E-state index is 12.8. The second-order valence-electron chi connectivity index (χ2n) is 7.96. The zero-order valence-corrected chi connectivity index (χ0v) is 17.5. The van der Waals surface area contributed by atoms with Crippen LogP contribution in [0.2, 0.25) is 5.02 Å². The van der Waals surface area contributed by atoms with Crippen LogP contribution in [-0.4, -0.2) is 16.1 Å². The molecule has 0 aliphatic carbocycles. The van der Waals surface area contributed by atoms with Gasteiger partial charge in [-0.05, 0) is 41.7 Å². The number of halogens is 1. The molecule has 0 saturated carbocycles. The fourth-order valence-electron chi connectivity index (χ4n) is 3.07. The van der Waals surface area contributed by atoms with Crippen LogP contribution >= 0.6 is 11.6 Å². The Balaban J connectivity index is 1.94. The molecule has 2 aromatic carbocycles. The highest BCUT2D eigenvalue weighted by atomic mass is 35.5. The van der Waals surface area contributed by atoms with Gasteiger partial charge in [0.05, 0.1) is 11.4 Å². The third kappa shape index (κ3) is 4.45. The molecule has 2 N–H and O–H groups in total. The van der Waals surface area contributed by atoms with E-state index in [1.54, 1.807) is 24.3 Å². The molecule has 146 valence electrons. The molecule has 1 amide bonds. The van der Waals surface area contributed by atoms with Gasteiger partial charge in [0.25, 0.3) is 5.91 Å². The lowest BCUT2D eigenvalue weighted by atomic mass is 9.86. The molecule has 0 aliphatic heterocycles. The quantitative estimate of drug-likeness (QED) is 0.537. The van der Waals surface area contributed by atoms with E-state index in [0.29, 0.717) is 10.6 Å². The molecule has 1 aromatic heterocycles. The molecular formula is C23H26ClN3O. The minimum absolute atomic E-state index is 0.0864. The zero-order chi connectivity index (χ0) is 20.3. The van der Waals surface area contributed by atoms with E-state index in [4.69, 9.17) is 11.6 Å². The van der Waals surface area contributed by atoms with E-state index in [1.165, 1.54) is 5.56 Å². The fraction of sp³-hybridized carbons (Fsp3) is 0.304. The molecule has 4 nitrogen and oxygen atoms in total. The molecule has 1 heterocycles. The Bertz CT molecular complexity index is 951. The number of carbonyl (C=O) groups is 1. The lowest BCUT2D eigenvalue weighted by molar-refractivity contribution is 0.102. The van der Waals surface area contributed by atoms with Crippen LogP contribution in [0.25, 0.3) is 11.3 Å². The molecule has 5 heteroatoms. The topological polar surface area (TPSA) is 57.8 Å². The highest BCUT2D eigenvalue weighted by Gasteiger charge is 2.19. The van der Waals surface area contributed by atoms with Crippen molar-refractivity contribution in [1.82, 2.24) is 10.2 Å². The third-order valence-electron chi connectivity index (χ3n) is 4.71. The maximum absolute atomic E-state index is 12.8. The molecule has 0 spiro atoms. The van der Waals surface area contributed by atoms with Gasteiger partial charge < -0.3 is 5.32 Å². The van der Waals surface area contributed by atoms with Gasteiger partial charge in [-0.15, -0.1) is 0 Å². The van der Waals surface area contributed by atoms with Gasteiger partial charge in [0.1, 0.15) is 5.69 Å². The predicted octanol–water partition coefficient (Wildman–Crippen LogP) is 6.23. The number of hydrogen-bond donors (Lipinski definition) is 2. The summed E-state index contributed by atoms with van der Waals surface area (Å²) in [5.74, 6) is -0.178. The minimum Gasteiger partial charge on any atom is -0.319 e. The van der Waals surface area contributed by atoms with E-state index in [-0.39, 0.29) is 11.3 Å². The smallest absolute Gasteiger partial charge is 0.255 e. The summed E-state index contributed by atoms with van der Waals surface area (Å²) >= 11 is 5.93. The number of anilines is 1. The van der Waals surface area contributed by atoms with E-state index in [9.17, 15) is 4.79 Å². The van der Waals surface area contributed by atoms with E-state index in [2.05, 4.69) is 67.5 Å². The van der Waals surface area contributed by atoms with Crippen molar-refractivity contribution in [2.45, 2.75) is 46.0 Å². The average molecular weight is 396 g/mol. The standard InChI is InChI=1S/C23H26ClN3O/c1-5-6-19-21(25-22(28)16-9-13-18(24)14-10-16)20(27-26-19)15-7-11-17(12-8-15)23(2,3)4/h7-14H,5-6H2,1-4H3,(H,25,28)(H,26,27). The second kappa shape index (κ2) is 8.19. The lowest BCUT2D eigenvalue weighted by Crippen LogP contribution is -2.13. The normalized spacial score (nSPS) is 11.5. The van der Waals surface area contributed by atoms with Crippen molar-refractivity contribution < 1.29 is 4.79 Å². The number of amides is 1. The van der Waals surface area contributed by atoms with Gasteiger partial charge in [-0.1, -0.05) is 70.0 Å². The SMILES string of the molecule is CCCc1[nH]nc(-c2ccc(C(C)(C)C)cc2)c1NC(=O)c1ccc(Cl)cc1. The fourth-order valence-corrected chi connectivity index (χ4v) is 3.19. The summed E-state index contributed by atoms with van der Waals surface area (Å²) in [6.45, 7) is 8.67.